The first-order valence-electron chi connectivity index (χ1n) is 5.11. The number of nitrogens with zero attached hydrogens (tertiary/aromatic N) is 1. The standard InChI is InChI=1S/C11H12N2O3S/c1-7(11(14)15)12-5-8-6-16-10(13-8)9-3-2-4-17-9/h2-4,6-7,12H,5H2,1H3,(H,14,15). The van der Waals surface area contributed by atoms with Gasteiger partial charge in [0.25, 0.3) is 0 Å². The SMILES string of the molecule is CC(NCc1coc(-c2cccs2)n1)C(=O)O. The summed E-state index contributed by atoms with van der Waals surface area (Å²) in [7, 11) is 0. The van der Waals surface area contributed by atoms with Crippen LogP contribution in [0.2, 0.25) is 0 Å². The lowest BCUT2D eigenvalue weighted by atomic mass is 10.3. The molecule has 0 amide bonds. The number of aliphatic carboxylic acids is 1. The molecule has 2 heterocycles. The van der Waals surface area contributed by atoms with Crippen molar-refractivity contribution in [3.63, 3.8) is 0 Å². The molecule has 0 spiro atoms. The van der Waals surface area contributed by atoms with Crippen molar-refractivity contribution in [1.29, 1.82) is 0 Å². The van der Waals surface area contributed by atoms with Gasteiger partial charge in [0.05, 0.1) is 10.6 Å². The topological polar surface area (TPSA) is 75.4 Å². The summed E-state index contributed by atoms with van der Waals surface area (Å²) in [6.45, 7) is 1.96. The minimum absolute atomic E-state index is 0.377. The zero-order chi connectivity index (χ0) is 12.3. The summed E-state index contributed by atoms with van der Waals surface area (Å²) in [5.74, 6) is -0.313. The average Bonchev–Trinajstić information content (AvgIpc) is 2.95. The maximum absolute atomic E-state index is 10.6. The first-order valence-corrected chi connectivity index (χ1v) is 5.99. The van der Waals surface area contributed by atoms with Crippen LogP contribution in [0.4, 0.5) is 0 Å². The fourth-order valence-corrected chi connectivity index (χ4v) is 1.90. The summed E-state index contributed by atoms with van der Waals surface area (Å²) in [6, 6.07) is 3.25. The predicted molar refractivity (Wildman–Crippen MR) is 63.8 cm³/mol. The van der Waals surface area contributed by atoms with Crippen molar-refractivity contribution in [2.24, 2.45) is 0 Å². The Bertz CT molecular complexity index is 493. The van der Waals surface area contributed by atoms with Crippen LogP contribution in [0.1, 0.15) is 12.6 Å². The van der Waals surface area contributed by atoms with Crippen molar-refractivity contribution in [1.82, 2.24) is 10.3 Å². The fourth-order valence-electron chi connectivity index (χ4n) is 1.25. The number of thiophene rings is 1. The van der Waals surface area contributed by atoms with Crippen molar-refractivity contribution < 1.29 is 14.3 Å². The molecule has 1 atom stereocenters. The Labute approximate surface area is 102 Å². The van der Waals surface area contributed by atoms with Crippen LogP contribution in [-0.2, 0) is 11.3 Å². The third kappa shape index (κ3) is 2.92. The minimum atomic E-state index is -0.882. The van der Waals surface area contributed by atoms with Crippen LogP contribution in [0, 0.1) is 0 Å². The van der Waals surface area contributed by atoms with Gasteiger partial charge >= 0.3 is 5.97 Å². The number of rotatable bonds is 5. The molecule has 0 aliphatic rings. The molecule has 0 saturated carbocycles. The number of oxazole rings is 1. The van der Waals surface area contributed by atoms with E-state index < -0.39 is 12.0 Å². The predicted octanol–water partition coefficient (Wildman–Crippen LogP) is 1.97. The summed E-state index contributed by atoms with van der Waals surface area (Å²) in [6.07, 6.45) is 1.54. The molecule has 0 fully saturated rings. The highest BCUT2D eigenvalue weighted by Gasteiger charge is 2.12. The van der Waals surface area contributed by atoms with E-state index in [9.17, 15) is 4.79 Å². The van der Waals surface area contributed by atoms with E-state index in [1.807, 2.05) is 17.5 Å². The highest BCUT2D eigenvalue weighted by molar-refractivity contribution is 7.13. The smallest absolute Gasteiger partial charge is 0.320 e. The Morgan fingerprint density at radius 1 is 1.71 bits per heavy atom. The molecule has 0 bridgehead atoms. The molecule has 2 aromatic heterocycles. The molecule has 0 aliphatic carbocycles. The van der Waals surface area contributed by atoms with E-state index >= 15 is 0 Å². The van der Waals surface area contributed by atoms with Crippen molar-refractivity contribution in [3.05, 3.63) is 29.5 Å². The van der Waals surface area contributed by atoms with Crippen molar-refractivity contribution in [2.75, 3.05) is 0 Å². The van der Waals surface area contributed by atoms with Gasteiger partial charge in [-0.2, -0.15) is 0 Å². The maximum Gasteiger partial charge on any atom is 0.320 e. The first kappa shape index (κ1) is 11.8. The first-order chi connectivity index (χ1) is 8.16. The molecule has 17 heavy (non-hydrogen) atoms. The molecule has 1 unspecified atom stereocenters. The Morgan fingerprint density at radius 2 is 2.53 bits per heavy atom. The van der Waals surface area contributed by atoms with Gasteiger partial charge in [-0.1, -0.05) is 6.07 Å². The summed E-state index contributed by atoms with van der Waals surface area (Å²) < 4.78 is 5.31. The molecule has 2 N–H and O–H groups in total. The van der Waals surface area contributed by atoms with Gasteiger partial charge in [-0.15, -0.1) is 11.3 Å². The third-order valence-corrected chi connectivity index (χ3v) is 3.10. The lowest BCUT2D eigenvalue weighted by Gasteiger charge is -2.05. The van der Waals surface area contributed by atoms with E-state index in [0.717, 1.165) is 4.88 Å². The van der Waals surface area contributed by atoms with E-state index in [0.29, 0.717) is 18.1 Å². The fraction of sp³-hybridized carbons (Fsp3) is 0.273. The van der Waals surface area contributed by atoms with Gasteiger partial charge in [0.1, 0.15) is 12.3 Å². The van der Waals surface area contributed by atoms with Gasteiger partial charge in [0, 0.05) is 6.54 Å². The second kappa shape index (κ2) is 5.11. The lowest BCUT2D eigenvalue weighted by Crippen LogP contribution is -2.33. The van der Waals surface area contributed by atoms with E-state index in [1.54, 1.807) is 18.3 Å². The van der Waals surface area contributed by atoms with Crippen LogP contribution in [-0.4, -0.2) is 22.1 Å². The molecule has 0 aliphatic heterocycles. The maximum atomic E-state index is 10.6. The monoisotopic (exact) mass is 252 g/mol. The Hall–Kier alpha value is -1.66. The Balaban J connectivity index is 1.97. The van der Waals surface area contributed by atoms with Crippen molar-refractivity contribution in [3.8, 4) is 10.8 Å². The molecule has 2 aromatic rings. The number of aromatic nitrogens is 1. The largest absolute Gasteiger partial charge is 0.480 e. The highest BCUT2D eigenvalue weighted by atomic mass is 32.1. The number of hydrogen-bond acceptors (Lipinski definition) is 5. The average molecular weight is 252 g/mol. The van der Waals surface area contributed by atoms with Gasteiger partial charge in [0.2, 0.25) is 5.89 Å². The molecule has 6 heteroatoms. The zero-order valence-corrected chi connectivity index (χ0v) is 10.0. The Morgan fingerprint density at radius 3 is 3.18 bits per heavy atom. The van der Waals surface area contributed by atoms with Gasteiger partial charge in [-0.25, -0.2) is 4.98 Å². The van der Waals surface area contributed by atoms with Gasteiger partial charge < -0.3 is 9.52 Å². The number of carboxylic acids is 1. The molecule has 5 nitrogen and oxygen atoms in total. The summed E-state index contributed by atoms with van der Waals surface area (Å²) in [5.41, 5.74) is 0.696. The van der Waals surface area contributed by atoms with Gasteiger partial charge in [-0.05, 0) is 18.4 Å². The molecular weight excluding hydrogens is 240 g/mol. The van der Waals surface area contributed by atoms with Crippen LogP contribution in [0.3, 0.4) is 0 Å². The van der Waals surface area contributed by atoms with Gasteiger partial charge in [-0.3, -0.25) is 10.1 Å². The second-order valence-electron chi connectivity index (χ2n) is 3.56. The quantitative estimate of drug-likeness (QED) is 0.850. The minimum Gasteiger partial charge on any atom is -0.480 e. The van der Waals surface area contributed by atoms with Crippen LogP contribution < -0.4 is 5.32 Å². The van der Waals surface area contributed by atoms with Gasteiger partial charge in [0.15, 0.2) is 0 Å². The third-order valence-electron chi connectivity index (χ3n) is 2.24. The van der Waals surface area contributed by atoms with Crippen LogP contribution >= 0.6 is 11.3 Å². The Kier molecular flexibility index (Phi) is 3.55. The van der Waals surface area contributed by atoms with Crippen LogP contribution in [0.25, 0.3) is 10.8 Å². The molecule has 90 valence electrons. The number of carbonyl (C=O) groups is 1. The summed E-state index contributed by atoms with van der Waals surface area (Å²) >= 11 is 1.55. The lowest BCUT2D eigenvalue weighted by molar-refractivity contribution is -0.139. The van der Waals surface area contributed by atoms with Crippen LogP contribution in [0.5, 0.6) is 0 Å². The van der Waals surface area contributed by atoms with E-state index in [1.165, 1.54) is 6.26 Å². The van der Waals surface area contributed by atoms with Crippen molar-refractivity contribution in [2.45, 2.75) is 19.5 Å². The second-order valence-corrected chi connectivity index (χ2v) is 4.51. The normalized spacial score (nSPS) is 12.5. The zero-order valence-electron chi connectivity index (χ0n) is 9.21. The molecule has 0 saturated heterocycles. The summed E-state index contributed by atoms with van der Waals surface area (Å²) in [5, 5.41) is 13.5. The highest BCUT2D eigenvalue weighted by Crippen LogP contribution is 2.23. The number of nitrogens with one attached hydrogen (secondary N) is 1. The molecule has 2 rings (SSSR count). The van der Waals surface area contributed by atoms with E-state index in [2.05, 4.69) is 10.3 Å². The summed E-state index contributed by atoms with van der Waals surface area (Å²) in [4.78, 5) is 15.8. The van der Waals surface area contributed by atoms with Crippen LogP contribution in [0.15, 0.2) is 28.2 Å². The molecule has 0 aromatic carbocycles. The van der Waals surface area contributed by atoms with E-state index in [4.69, 9.17) is 9.52 Å². The number of carboxylic acid groups (broad SMARTS) is 1. The molecule has 0 radical (unpaired) electrons. The van der Waals surface area contributed by atoms with Crippen molar-refractivity contribution >= 4 is 17.3 Å². The number of hydrogen-bond donors (Lipinski definition) is 2. The molecular formula is C11H12N2O3S. The van der Waals surface area contributed by atoms with E-state index in [-0.39, 0.29) is 0 Å².